The summed E-state index contributed by atoms with van der Waals surface area (Å²) in [6, 6.07) is 11.5. The van der Waals surface area contributed by atoms with Crippen molar-refractivity contribution in [3.63, 3.8) is 0 Å². The van der Waals surface area contributed by atoms with Crippen LogP contribution in [-0.4, -0.2) is 75.4 Å². The van der Waals surface area contributed by atoms with Crippen LogP contribution >= 0.6 is 0 Å². The van der Waals surface area contributed by atoms with Gasteiger partial charge in [-0.05, 0) is 69.0 Å². The fraction of sp³-hybridized carbons (Fsp3) is 0.432. The highest BCUT2D eigenvalue weighted by molar-refractivity contribution is 6.11. The minimum Gasteiger partial charge on any atom is -0.355 e. The standard InChI is InChI=1S/C37H43FN8O3/c1-19(2)41-24-12-25(13-24)46-32-11-23(8-9-27(32)37(36(46)49)16-44(17-37)22(6)47)29-15-31-33(45(18-40-31)20(3)4)34(42-29)43-30-14-26(35(48)39-7)21(5)10-28(30)38/h8-11,14-15,18-20,24-25,41H,12-13,16-17H2,1-7H3,(H,39,48)(H,42,43)/t24-,25+. The topological polar surface area (TPSA) is 124 Å². The van der Waals surface area contributed by atoms with Crippen LogP contribution in [0.4, 0.5) is 21.6 Å². The molecule has 4 heterocycles. The average Bonchev–Trinajstić information content (AvgIpc) is 3.55. The third kappa shape index (κ3) is 5.33. The summed E-state index contributed by atoms with van der Waals surface area (Å²) in [7, 11) is 1.54. The number of fused-ring (bicyclic) bond motifs is 3. The summed E-state index contributed by atoms with van der Waals surface area (Å²) in [6.07, 6.45) is 3.45. The minimum atomic E-state index is -0.748. The number of aryl methyl sites for hydroxylation is 1. The summed E-state index contributed by atoms with van der Waals surface area (Å²) in [5.41, 5.74) is 4.79. The van der Waals surface area contributed by atoms with Gasteiger partial charge in [0.1, 0.15) is 16.7 Å². The highest BCUT2D eigenvalue weighted by Gasteiger charge is 2.60. The lowest BCUT2D eigenvalue weighted by molar-refractivity contribution is -0.142. The molecule has 2 aromatic carbocycles. The van der Waals surface area contributed by atoms with E-state index in [0.29, 0.717) is 58.8 Å². The first-order chi connectivity index (χ1) is 23.3. The molecular formula is C37H43FN8O3. The van der Waals surface area contributed by atoms with Gasteiger partial charge in [0, 0.05) is 68.0 Å². The van der Waals surface area contributed by atoms with Crippen LogP contribution in [-0.2, 0) is 15.0 Å². The molecule has 12 heteroatoms. The first-order valence-corrected chi connectivity index (χ1v) is 17.0. The number of amides is 3. The largest absolute Gasteiger partial charge is 0.355 e. The number of halogens is 1. The van der Waals surface area contributed by atoms with E-state index in [-0.39, 0.29) is 35.5 Å². The molecule has 3 N–H and O–H groups in total. The van der Waals surface area contributed by atoms with Gasteiger partial charge in [-0.2, -0.15) is 0 Å². The van der Waals surface area contributed by atoms with Crippen molar-refractivity contribution < 1.29 is 18.8 Å². The Labute approximate surface area is 285 Å². The number of likely N-dealkylation sites (tertiary alicyclic amines) is 1. The van der Waals surface area contributed by atoms with Crippen LogP contribution in [0.3, 0.4) is 0 Å². The molecule has 0 bridgehead atoms. The van der Waals surface area contributed by atoms with Gasteiger partial charge in [-0.3, -0.25) is 14.4 Å². The van der Waals surface area contributed by atoms with E-state index in [0.717, 1.165) is 29.7 Å². The summed E-state index contributed by atoms with van der Waals surface area (Å²) < 4.78 is 17.4. The van der Waals surface area contributed by atoms with Crippen molar-refractivity contribution >= 4 is 45.9 Å². The summed E-state index contributed by atoms with van der Waals surface area (Å²) in [5.74, 6) is -0.416. The second-order valence-electron chi connectivity index (χ2n) is 14.3. The van der Waals surface area contributed by atoms with Gasteiger partial charge in [0.05, 0.1) is 23.2 Å². The maximum absolute atomic E-state index is 15.4. The van der Waals surface area contributed by atoms with Crippen LogP contribution < -0.4 is 20.9 Å². The lowest BCUT2D eigenvalue weighted by Crippen LogP contribution is -2.66. The first kappa shape index (κ1) is 32.7. The monoisotopic (exact) mass is 666 g/mol. The van der Waals surface area contributed by atoms with Gasteiger partial charge >= 0.3 is 0 Å². The molecule has 2 aliphatic heterocycles. The second kappa shape index (κ2) is 11.9. The zero-order valence-electron chi connectivity index (χ0n) is 29.0. The van der Waals surface area contributed by atoms with Gasteiger partial charge in [-0.25, -0.2) is 14.4 Å². The number of imidazole rings is 1. The van der Waals surface area contributed by atoms with Crippen molar-refractivity contribution in [3.05, 3.63) is 65.2 Å². The van der Waals surface area contributed by atoms with E-state index in [1.807, 2.05) is 47.6 Å². The quantitative estimate of drug-likeness (QED) is 0.236. The number of nitrogens with one attached hydrogen (secondary N) is 3. The first-order valence-electron chi connectivity index (χ1n) is 17.0. The number of nitrogens with zero attached hydrogens (tertiary/aromatic N) is 5. The van der Waals surface area contributed by atoms with Crippen molar-refractivity contribution in [1.29, 1.82) is 0 Å². The molecule has 1 aliphatic carbocycles. The predicted octanol–water partition coefficient (Wildman–Crippen LogP) is 5.21. The molecule has 2 aromatic heterocycles. The molecule has 4 aromatic rings. The van der Waals surface area contributed by atoms with Gasteiger partial charge in [-0.15, -0.1) is 0 Å². The molecular weight excluding hydrogens is 623 g/mol. The van der Waals surface area contributed by atoms with Crippen LogP contribution in [0, 0.1) is 12.7 Å². The number of carbonyl (C=O) groups is 3. The number of rotatable bonds is 8. The molecule has 0 radical (unpaired) electrons. The number of pyridine rings is 1. The molecule has 1 saturated heterocycles. The predicted molar refractivity (Wildman–Crippen MR) is 188 cm³/mol. The summed E-state index contributed by atoms with van der Waals surface area (Å²) in [5, 5.41) is 9.39. The fourth-order valence-corrected chi connectivity index (χ4v) is 7.61. The van der Waals surface area contributed by atoms with Crippen LogP contribution in [0.1, 0.15) is 75.0 Å². The molecule has 11 nitrogen and oxygen atoms in total. The maximum atomic E-state index is 15.4. The number of hydrogen-bond donors (Lipinski definition) is 3. The maximum Gasteiger partial charge on any atom is 0.251 e. The van der Waals surface area contributed by atoms with Gasteiger partial charge < -0.3 is 30.3 Å². The Hall–Kier alpha value is -4.84. The van der Waals surface area contributed by atoms with Crippen molar-refractivity contribution in [2.75, 3.05) is 30.4 Å². The van der Waals surface area contributed by atoms with Gasteiger partial charge in [0.15, 0.2) is 5.82 Å². The van der Waals surface area contributed by atoms with Crippen LogP contribution in [0.2, 0.25) is 0 Å². The molecule has 3 aliphatic rings. The molecule has 2 fully saturated rings. The van der Waals surface area contributed by atoms with E-state index >= 15 is 4.39 Å². The Bertz CT molecular complexity index is 2010. The Balaban J connectivity index is 1.32. The van der Waals surface area contributed by atoms with Crippen molar-refractivity contribution in [2.24, 2.45) is 0 Å². The summed E-state index contributed by atoms with van der Waals surface area (Å²) in [4.78, 5) is 52.4. The van der Waals surface area contributed by atoms with Crippen LogP contribution in [0.25, 0.3) is 22.3 Å². The zero-order valence-corrected chi connectivity index (χ0v) is 29.0. The molecule has 1 saturated carbocycles. The summed E-state index contributed by atoms with van der Waals surface area (Å²) >= 11 is 0. The smallest absolute Gasteiger partial charge is 0.251 e. The van der Waals surface area contributed by atoms with Gasteiger partial charge in [0.2, 0.25) is 11.8 Å². The molecule has 3 amide bonds. The Kier molecular flexibility index (Phi) is 7.97. The van der Waals surface area contributed by atoms with Gasteiger partial charge in [-0.1, -0.05) is 26.0 Å². The van der Waals surface area contributed by atoms with Crippen molar-refractivity contribution in [3.8, 4) is 11.3 Å². The lowest BCUT2D eigenvalue weighted by atomic mass is 9.74. The number of carbonyl (C=O) groups excluding carboxylic acids is 3. The van der Waals surface area contributed by atoms with Gasteiger partial charge in [0.25, 0.3) is 5.91 Å². The molecule has 256 valence electrons. The van der Waals surface area contributed by atoms with E-state index in [9.17, 15) is 14.4 Å². The normalized spacial score (nSPS) is 19.4. The minimum absolute atomic E-state index is 0.0364. The fourth-order valence-electron chi connectivity index (χ4n) is 7.61. The van der Waals surface area contributed by atoms with E-state index in [4.69, 9.17) is 9.97 Å². The van der Waals surface area contributed by atoms with Crippen LogP contribution in [0.5, 0.6) is 0 Å². The van der Waals surface area contributed by atoms with E-state index in [2.05, 4.69) is 29.8 Å². The Morgan fingerprint density at radius 2 is 1.80 bits per heavy atom. The van der Waals surface area contributed by atoms with E-state index in [1.165, 1.54) is 26.1 Å². The average molecular weight is 667 g/mol. The SMILES string of the molecule is CNC(=O)c1cc(Nc2nc(-c3ccc4c(c3)N([C@H]3C[C@@H](NC(C)C)C3)C(=O)C43CN(C(C)=O)C3)cc3ncn(C(C)C)c23)c(F)cc1C. The third-order valence-corrected chi connectivity index (χ3v) is 10.3. The third-order valence-electron chi connectivity index (χ3n) is 10.3. The second-order valence-corrected chi connectivity index (χ2v) is 14.3. The zero-order chi connectivity index (χ0) is 34.9. The molecule has 0 unspecified atom stereocenters. The molecule has 49 heavy (non-hydrogen) atoms. The van der Waals surface area contributed by atoms with E-state index in [1.54, 1.807) is 18.2 Å². The van der Waals surface area contributed by atoms with Crippen LogP contribution in [0.15, 0.2) is 42.7 Å². The lowest BCUT2D eigenvalue weighted by Gasteiger charge is -2.48. The highest BCUT2D eigenvalue weighted by Crippen LogP contribution is 2.51. The number of anilines is 3. The van der Waals surface area contributed by atoms with Crippen molar-refractivity contribution in [2.45, 2.75) is 84.0 Å². The highest BCUT2D eigenvalue weighted by atomic mass is 19.1. The van der Waals surface area contributed by atoms with Crippen molar-refractivity contribution in [1.82, 2.24) is 30.1 Å². The Morgan fingerprint density at radius 3 is 2.45 bits per heavy atom. The molecule has 1 spiro atoms. The number of aromatic nitrogens is 3. The summed E-state index contributed by atoms with van der Waals surface area (Å²) in [6.45, 7) is 12.3. The molecule has 0 atom stereocenters. The molecule has 7 rings (SSSR count). The van der Waals surface area contributed by atoms with E-state index < -0.39 is 11.2 Å². The Morgan fingerprint density at radius 1 is 1.06 bits per heavy atom. The number of hydrogen-bond acceptors (Lipinski definition) is 7. The number of benzene rings is 2.